The van der Waals surface area contributed by atoms with Crippen LogP contribution in [0.25, 0.3) is 0 Å². The fourth-order valence-electron chi connectivity index (χ4n) is 2.39. The number of hydrogen-bond acceptors (Lipinski definition) is 7. The Labute approximate surface area is 125 Å². The molecule has 7 nitrogen and oxygen atoms in total. The lowest BCUT2D eigenvalue weighted by atomic mass is 10.2. The van der Waals surface area contributed by atoms with Crippen LogP contribution in [-0.4, -0.2) is 54.5 Å². The maximum absolute atomic E-state index is 6.05. The quantitative estimate of drug-likeness (QED) is 0.759. The lowest BCUT2D eigenvalue weighted by Crippen LogP contribution is -2.42. The number of hydrogen-bond donors (Lipinski definition) is 1. The number of ether oxygens (including phenoxy) is 2. The molecule has 2 unspecified atom stereocenters. The van der Waals surface area contributed by atoms with Crippen LogP contribution in [0.3, 0.4) is 0 Å². The van der Waals surface area contributed by atoms with Crippen molar-refractivity contribution in [3.05, 3.63) is 11.7 Å². The molecule has 0 aromatic carbocycles. The molecule has 1 aromatic heterocycles. The predicted molar refractivity (Wildman–Crippen MR) is 77.7 cm³/mol. The molecule has 0 bridgehead atoms. The van der Waals surface area contributed by atoms with Crippen LogP contribution in [0.4, 0.5) is 0 Å². The fraction of sp³-hybridized carbons (Fsp3) is 0.857. The molecule has 0 radical (unpaired) electrons. The van der Waals surface area contributed by atoms with Gasteiger partial charge in [-0.1, -0.05) is 5.16 Å². The van der Waals surface area contributed by atoms with Crippen LogP contribution in [0.2, 0.25) is 0 Å². The first-order chi connectivity index (χ1) is 10.1. The number of aromatic nitrogens is 2. The monoisotopic (exact) mass is 298 g/mol. The second-order valence-electron chi connectivity index (χ2n) is 5.68. The van der Waals surface area contributed by atoms with E-state index in [-0.39, 0.29) is 12.1 Å². The van der Waals surface area contributed by atoms with Gasteiger partial charge in [-0.2, -0.15) is 4.98 Å². The zero-order valence-electron chi connectivity index (χ0n) is 13.1. The van der Waals surface area contributed by atoms with Crippen LogP contribution in [0.5, 0.6) is 0 Å². The molecule has 1 fully saturated rings. The third kappa shape index (κ3) is 4.47. The summed E-state index contributed by atoms with van der Waals surface area (Å²) in [5.41, 5.74) is 6.05. The van der Waals surface area contributed by atoms with Gasteiger partial charge in [0, 0.05) is 32.8 Å². The summed E-state index contributed by atoms with van der Waals surface area (Å²) >= 11 is 0. The molecule has 2 atom stereocenters. The topological polar surface area (TPSA) is 86.6 Å². The van der Waals surface area contributed by atoms with Crippen molar-refractivity contribution in [2.24, 2.45) is 5.73 Å². The highest BCUT2D eigenvalue weighted by molar-refractivity contribution is 4.97. The summed E-state index contributed by atoms with van der Waals surface area (Å²) in [4.78, 5) is 6.76. The van der Waals surface area contributed by atoms with Crippen LogP contribution in [-0.2, 0) is 9.47 Å². The molecule has 0 amide bonds. The van der Waals surface area contributed by atoms with Crippen LogP contribution in [0, 0.1) is 0 Å². The van der Waals surface area contributed by atoms with Crippen molar-refractivity contribution >= 4 is 0 Å². The normalized spacial score (nSPS) is 21.9. The minimum atomic E-state index is -0.244. The molecule has 2 N–H and O–H groups in total. The number of morpholine rings is 1. The van der Waals surface area contributed by atoms with E-state index in [4.69, 9.17) is 19.7 Å². The van der Waals surface area contributed by atoms with Gasteiger partial charge in [-0.15, -0.1) is 0 Å². The Kier molecular flexibility index (Phi) is 6.10. The van der Waals surface area contributed by atoms with Crippen molar-refractivity contribution in [2.75, 3.05) is 33.4 Å². The van der Waals surface area contributed by atoms with E-state index in [1.165, 1.54) is 0 Å². The van der Waals surface area contributed by atoms with Crippen molar-refractivity contribution in [2.45, 2.75) is 44.9 Å². The Balaban J connectivity index is 1.92. The predicted octanol–water partition coefficient (Wildman–Crippen LogP) is 1.28. The van der Waals surface area contributed by atoms with Crippen LogP contribution < -0.4 is 5.73 Å². The molecule has 2 heterocycles. The molecular formula is C14H26N4O3. The Morgan fingerprint density at radius 2 is 2.29 bits per heavy atom. The molecule has 7 heteroatoms. The van der Waals surface area contributed by atoms with E-state index in [9.17, 15) is 0 Å². The van der Waals surface area contributed by atoms with Crippen molar-refractivity contribution in [3.63, 3.8) is 0 Å². The molecule has 1 aromatic rings. The number of rotatable bonds is 7. The molecule has 0 aliphatic carbocycles. The lowest BCUT2D eigenvalue weighted by molar-refractivity contribution is -0.0450. The standard InChI is InChI=1S/C14H26N4O3/c1-10(2)18-6-8-20-12(9-18)13-16-14(21-17-13)11(15)5-4-7-19-3/h10-12H,4-9,15H2,1-3H3. The summed E-state index contributed by atoms with van der Waals surface area (Å²) in [6.07, 6.45) is 1.50. The van der Waals surface area contributed by atoms with Gasteiger partial charge < -0.3 is 19.7 Å². The average Bonchev–Trinajstić information content (AvgIpc) is 2.97. The summed E-state index contributed by atoms with van der Waals surface area (Å²) in [6.45, 7) is 7.45. The summed E-state index contributed by atoms with van der Waals surface area (Å²) in [7, 11) is 1.68. The molecule has 2 rings (SSSR count). The van der Waals surface area contributed by atoms with Gasteiger partial charge in [0.2, 0.25) is 11.7 Å². The summed E-state index contributed by atoms with van der Waals surface area (Å²) < 4.78 is 16.0. The molecule has 1 saturated heterocycles. The summed E-state index contributed by atoms with van der Waals surface area (Å²) in [6, 6.07) is 0.241. The van der Waals surface area contributed by atoms with E-state index in [1.807, 2.05) is 0 Å². The molecule has 1 aliphatic heterocycles. The minimum absolute atomic E-state index is 0.134. The second-order valence-corrected chi connectivity index (χ2v) is 5.68. The maximum atomic E-state index is 6.05. The van der Waals surface area contributed by atoms with Gasteiger partial charge in [0.1, 0.15) is 6.10 Å². The molecule has 0 spiro atoms. The lowest BCUT2D eigenvalue weighted by Gasteiger charge is -2.34. The van der Waals surface area contributed by atoms with Crippen LogP contribution in [0.15, 0.2) is 4.52 Å². The molecular weight excluding hydrogens is 272 g/mol. The highest BCUT2D eigenvalue weighted by atomic mass is 16.5. The van der Waals surface area contributed by atoms with Gasteiger partial charge in [-0.25, -0.2) is 0 Å². The Morgan fingerprint density at radius 1 is 1.48 bits per heavy atom. The van der Waals surface area contributed by atoms with Gasteiger partial charge in [0.05, 0.1) is 12.6 Å². The third-order valence-corrected chi connectivity index (χ3v) is 3.75. The highest BCUT2D eigenvalue weighted by Crippen LogP contribution is 2.23. The Morgan fingerprint density at radius 3 is 3.00 bits per heavy atom. The first-order valence-electron chi connectivity index (χ1n) is 7.55. The number of methoxy groups -OCH3 is 1. The van der Waals surface area contributed by atoms with Gasteiger partial charge in [0.25, 0.3) is 0 Å². The SMILES string of the molecule is COCCCC(N)c1nc(C2CN(C(C)C)CCO2)no1. The van der Waals surface area contributed by atoms with Crippen molar-refractivity contribution < 1.29 is 14.0 Å². The average molecular weight is 298 g/mol. The van der Waals surface area contributed by atoms with E-state index < -0.39 is 0 Å². The first kappa shape index (κ1) is 16.4. The maximum Gasteiger partial charge on any atom is 0.243 e. The van der Waals surface area contributed by atoms with Gasteiger partial charge in [-0.05, 0) is 26.7 Å². The highest BCUT2D eigenvalue weighted by Gasteiger charge is 2.28. The summed E-state index contributed by atoms with van der Waals surface area (Å²) in [5.74, 6) is 1.07. The zero-order valence-corrected chi connectivity index (χ0v) is 13.1. The minimum Gasteiger partial charge on any atom is -0.385 e. The Hall–Kier alpha value is -1.02. The second kappa shape index (κ2) is 7.84. The van der Waals surface area contributed by atoms with E-state index >= 15 is 0 Å². The smallest absolute Gasteiger partial charge is 0.243 e. The van der Waals surface area contributed by atoms with Crippen LogP contribution >= 0.6 is 0 Å². The number of nitrogens with zero attached hydrogens (tertiary/aromatic N) is 3. The van der Waals surface area contributed by atoms with Crippen molar-refractivity contribution in [3.8, 4) is 0 Å². The zero-order chi connectivity index (χ0) is 15.2. The third-order valence-electron chi connectivity index (χ3n) is 3.75. The van der Waals surface area contributed by atoms with Crippen molar-refractivity contribution in [1.29, 1.82) is 0 Å². The van der Waals surface area contributed by atoms with Crippen molar-refractivity contribution in [1.82, 2.24) is 15.0 Å². The fourth-order valence-corrected chi connectivity index (χ4v) is 2.39. The van der Waals surface area contributed by atoms with E-state index in [2.05, 4.69) is 28.9 Å². The molecule has 1 aliphatic rings. The van der Waals surface area contributed by atoms with Gasteiger partial charge >= 0.3 is 0 Å². The van der Waals surface area contributed by atoms with E-state index in [1.54, 1.807) is 7.11 Å². The van der Waals surface area contributed by atoms with Crippen LogP contribution in [0.1, 0.15) is 50.6 Å². The largest absolute Gasteiger partial charge is 0.385 e. The van der Waals surface area contributed by atoms with E-state index in [0.29, 0.717) is 31.0 Å². The molecule has 120 valence electrons. The van der Waals surface area contributed by atoms with E-state index in [0.717, 1.165) is 25.9 Å². The number of nitrogens with two attached hydrogens (primary N) is 1. The van der Waals surface area contributed by atoms with Gasteiger partial charge in [-0.3, -0.25) is 4.90 Å². The summed E-state index contributed by atoms with van der Waals surface area (Å²) in [5, 5.41) is 4.03. The van der Waals surface area contributed by atoms with Gasteiger partial charge in [0.15, 0.2) is 0 Å². The Bertz CT molecular complexity index is 424. The first-order valence-corrected chi connectivity index (χ1v) is 7.55. The molecule has 0 saturated carbocycles. The molecule has 21 heavy (non-hydrogen) atoms.